The third-order valence-corrected chi connectivity index (χ3v) is 7.44. The number of alkyl halides is 1. The first-order chi connectivity index (χ1) is 13.2. The fraction of sp³-hybridized carbons (Fsp3) is 1.00. The molecular formula is C25H49FN2O. The van der Waals surface area contributed by atoms with Crippen molar-refractivity contribution in [3.05, 3.63) is 0 Å². The van der Waals surface area contributed by atoms with Crippen LogP contribution in [0.1, 0.15) is 81.6 Å². The minimum absolute atomic E-state index is 0.104. The molecule has 3 rings (SSSR count). The van der Waals surface area contributed by atoms with Crippen molar-refractivity contribution >= 4 is 0 Å². The number of hydrogen-bond acceptors (Lipinski definition) is 3. The Kier molecular flexibility index (Phi) is 8.24. The topological polar surface area (TPSA) is 24.5 Å². The lowest BCUT2D eigenvalue weighted by Gasteiger charge is -2.53. The van der Waals surface area contributed by atoms with Crippen LogP contribution in [0.2, 0.25) is 0 Å². The van der Waals surface area contributed by atoms with E-state index in [-0.39, 0.29) is 11.3 Å². The fourth-order valence-electron chi connectivity index (χ4n) is 5.13. The molecule has 3 nitrogen and oxygen atoms in total. The maximum Gasteiger partial charge on any atom is 0.106 e. The Morgan fingerprint density at radius 2 is 1.45 bits per heavy atom. The zero-order chi connectivity index (χ0) is 22.0. The van der Waals surface area contributed by atoms with Gasteiger partial charge in [0.15, 0.2) is 0 Å². The quantitative estimate of drug-likeness (QED) is 0.612. The number of hydrogen-bond donors (Lipinski definition) is 1. The highest BCUT2D eigenvalue weighted by molar-refractivity contribution is 4.96. The number of likely N-dealkylation sites (tertiary alicyclic amines) is 1. The van der Waals surface area contributed by atoms with E-state index in [1.54, 1.807) is 0 Å². The molecule has 0 saturated carbocycles. The van der Waals surface area contributed by atoms with Crippen LogP contribution in [0.25, 0.3) is 0 Å². The van der Waals surface area contributed by atoms with Crippen LogP contribution in [-0.4, -0.2) is 56.0 Å². The van der Waals surface area contributed by atoms with Crippen LogP contribution in [0.3, 0.4) is 0 Å². The molecule has 0 bridgehead atoms. The van der Waals surface area contributed by atoms with Gasteiger partial charge in [-0.3, -0.25) is 4.90 Å². The SMILES string of the molecule is CC(C)(C)C1CCC(C(C)(C)C)N(C2COC2)C1.CC(C)(C)C1CNCCC1F. The van der Waals surface area contributed by atoms with Gasteiger partial charge in [-0.15, -0.1) is 0 Å². The summed E-state index contributed by atoms with van der Waals surface area (Å²) in [7, 11) is 0. The molecule has 3 aliphatic rings. The number of nitrogens with one attached hydrogen (secondary N) is 1. The molecule has 4 unspecified atom stereocenters. The number of piperidine rings is 2. The predicted molar refractivity (Wildman–Crippen MR) is 122 cm³/mol. The highest BCUT2D eigenvalue weighted by Crippen LogP contribution is 2.41. The summed E-state index contributed by atoms with van der Waals surface area (Å²) in [5.41, 5.74) is 0.928. The Balaban J connectivity index is 0.000000234. The molecule has 0 spiro atoms. The number of rotatable bonds is 1. The summed E-state index contributed by atoms with van der Waals surface area (Å²) < 4.78 is 18.7. The van der Waals surface area contributed by atoms with Crippen molar-refractivity contribution in [1.29, 1.82) is 0 Å². The van der Waals surface area contributed by atoms with Crippen molar-refractivity contribution in [2.75, 3.05) is 32.8 Å². The van der Waals surface area contributed by atoms with Crippen LogP contribution in [-0.2, 0) is 4.74 Å². The van der Waals surface area contributed by atoms with Crippen LogP contribution in [0, 0.1) is 28.1 Å². The van der Waals surface area contributed by atoms with E-state index in [0.717, 1.165) is 38.3 Å². The lowest BCUT2D eigenvalue weighted by Crippen LogP contribution is -2.61. The first-order valence-corrected chi connectivity index (χ1v) is 11.9. The molecule has 3 aliphatic heterocycles. The fourth-order valence-corrected chi connectivity index (χ4v) is 5.13. The van der Waals surface area contributed by atoms with Crippen LogP contribution in [0.4, 0.5) is 4.39 Å². The van der Waals surface area contributed by atoms with Gasteiger partial charge in [-0.2, -0.15) is 0 Å². The molecule has 0 amide bonds. The average Bonchev–Trinajstić information content (AvgIpc) is 2.51. The van der Waals surface area contributed by atoms with Gasteiger partial charge in [0.1, 0.15) is 6.17 Å². The van der Waals surface area contributed by atoms with Gasteiger partial charge < -0.3 is 10.1 Å². The third-order valence-electron chi connectivity index (χ3n) is 7.44. The summed E-state index contributed by atoms with van der Waals surface area (Å²) in [6, 6.07) is 1.41. The summed E-state index contributed by atoms with van der Waals surface area (Å²) in [4.78, 5) is 2.77. The van der Waals surface area contributed by atoms with E-state index in [1.807, 2.05) is 0 Å². The Hall–Kier alpha value is -0.190. The van der Waals surface area contributed by atoms with Gasteiger partial charge in [0, 0.05) is 25.0 Å². The number of ether oxygens (including phenoxy) is 1. The Labute approximate surface area is 180 Å². The van der Waals surface area contributed by atoms with Crippen LogP contribution in [0.15, 0.2) is 0 Å². The highest BCUT2D eigenvalue weighted by atomic mass is 19.1. The molecule has 3 fully saturated rings. The second kappa shape index (κ2) is 9.53. The zero-order valence-corrected chi connectivity index (χ0v) is 20.8. The molecule has 0 radical (unpaired) electrons. The van der Waals surface area contributed by atoms with Crippen LogP contribution < -0.4 is 5.32 Å². The van der Waals surface area contributed by atoms with Gasteiger partial charge in [-0.1, -0.05) is 62.3 Å². The van der Waals surface area contributed by atoms with Crippen molar-refractivity contribution in [2.45, 2.75) is 99.8 Å². The standard InChI is InChI=1S/C16H31NO.C9H18FN/c1-15(2,3)12-7-8-14(16(4,5)6)17(9-12)13-10-18-11-13;1-9(2,3)7-6-11-5-4-8(7)10/h12-14H,7-11H2,1-6H3;7-8,11H,4-6H2,1-3H3. The zero-order valence-electron chi connectivity index (χ0n) is 20.8. The lowest BCUT2D eigenvalue weighted by molar-refractivity contribution is -0.120. The third kappa shape index (κ3) is 6.90. The first kappa shape index (κ1) is 25.1. The Bertz CT molecular complexity index is 498. The second-order valence-corrected chi connectivity index (χ2v) is 12.9. The van der Waals surface area contributed by atoms with E-state index < -0.39 is 6.17 Å². The van der Waals surface area contributed by atoms with E-state index in [4.69, 9.17) is 4.74 Å². The molecular weight excluding hydrogens is 363 g/mol. The molecule has 0 aromatic carbocycles. The maximum atomic E-state index is 13.3. The van der Waals surface area contributed by atoms with Crippen molar-refractivity contribution in [2.24, 2.45) is 28.1 Å². The Morgan fingerprint density at radius 1 is 0.828 bits per heavy atom. The minimum atomic E-state index is -0.601. The average molecular weight is 413 g/mol. The molecule has 3 heterocycles. The molecule has 0 aromatic rings. The summed E-state index contributed by atoms with van der Waals surface area (Å²) in [6.07, 6.45) is 2.82. The van der Waals surface area contributed by atoms with Crippen molar-refractivity contribution < 1.29 is 9.13 Å². The molecule has 0 aromatic heterocycles. The largest absolute Gasteiger partial charge is 0.378 e. The summed E-state index contributed by atoms with van der Waals surface area (Å²) >= 11 is 0. The minimum Gasteiger partial charge on any atom is -0.378 e. The number of nitrogens with zero attached hydrogens (tertiary/aromatic N) is 1. The van der Waals surface area contributed by atoms with Gasteiger partial charge in [0.05, 0.1) is 19.3 Å². The molecule has 3 saturated heterocycles. The van der Waals surface area contributed by atoms with Crippen molar-refractivity contribution in [3.8, 4) is 0 Å². The summed E-state index contributed by atoms with van der Waals surface area (Å²) in [5, 5.41) is 3.23. The normalized spacial score (nSPS) is 32.9. The van der Waals surface area contributed by atoms with Crippen LogP contribution in [0.5, 0.6) is 0 Å². The van der Waals surface area contributed by atoms with Crippen molar-refractivity contribution in [3.63, 3.8) is 0 Å². The van der Waals surface area contributed by atoms with E-state index in [2.05, 4.69) is 72.5 Å². The van der Waals surface area contributed by atoms with Gasteiger partial charge in [-0.25, -0.2) is 4.39 Å². The van der Waals surface area contributed by atoms with E-state index in [9.17, 15) is 4.39 Å². The van der Waals surface area contributed by atoms with E-state index in [1.165, 1.54) is 19.4 Å². The van der Waals surface area contributed by atoms with Gasteiger partial charge >= 0.3 is 0 Å². The van der Waals surface area contributed by atoms with Crippen LogP contribution >= 0.6 is 0 Å². The van der Waals surface area contributed by atoms with Gasteiger partial charge in [-0.05, 0) is 48.0 Å². The number of halogens is 1. The van der Waals surface area contributed by atoms with Crippen molar-refractivity contribution in [1.82, 2.24) is 10.2 Å². The molecule has 4 atom stereocenters. The summed E-state index contributed by atoms with van der Waals surface area (Å²) in [6.45, 7) is 25.5. The molecule has 1 N–H and O–H groups in total. The maximum absolute atomic E-state index is 13.3. The molecule has 29 heavy (non-hydrogen) atoms. The van der Waals surface area contributed by atoms with E-state index in [0.29, 0.717) is 23.3 Å². The molecule has 172 valence electrons. The highest BCUT2D eigenvalue weighted by Gasteiger charge is 2.43. The molecule has 4 heteroatoms. The van der Waals surface area contributed by atoms with E-state index >= 15 is 0 Å². The van der Waals surface area contributed by atoms with Gasteiger partial charge in [0.2, 0.25) is 0 Å². The monoisotopic (exact) mass is 412 g/mol. The first-order valence-electron chi connectivity index (χ1n) is 11.9. The smallest absolute Gasteiger partial charge is 0.106 e. The lowest BCUT2D eigenvalue weighted by atomic mass is 9.70. The summed E-state index contributed by atoms with van der Waals surface area (Å²) in [5.74, 6) is 1.02. The Morgan fingerprint density at radius 3 is 1.83 bits per heavy atom. The van der Waals surface area contributed by atoms with Gasteiger partial charge in [0.25, 0.3) is 0 Å². The molecule has 0 aliphatic carbocycles. The second-order valence-electron chi connectivity index (χ2n) is 12.9. The predicted octanol–water partition coefficient (Wildman–Crippen LogP) is 5.54.